The Morgan fingerprint density at radius 3 is 2.33 bits per heavy atom. The van der Waals surface area contributed by atoms with Crippen molar-refractivity contribution in [2.75, 3.05) is 21.3 Å². The summed E-state index contributed by atoms with van der Waals surface area (Å²) < 4.78 is 11.2. The molecule has 0 fully saturated rings. The molecular weight excluding hydrogens is 378 g/mol. The second-order valence-corrected chi connectivity index (χ2v) is 8.23. The van der Waals surface area contributed by atoms with Crippen molar-refractivity contribution in [3.05, 3.63) is 47.0 Å². The van der Waals surface area contributed by atoms with E-state index in [1.165, 1.54) is 0 Å². The highest BCUT2D eigenvalue weighted by Crippen LogP contribution is 2.50. The molecule has 0 aromatic heterocycles. The molecule has 1 heterocycles. The van der Waals surface area contributed by atoms with Crippen molar-refractivity contribution >= 4 is 10.8 Å². The van der Waals surface area contributed by atoms with Crippen LogP contribution in [0.15, 0.2) is 30.3 Å². The molecule has 5 heteroatoms. The summed E-state index contributed by atoms with van der Waals surface area (Å²) >= 11 is 0. The van der Waals surface area contributed by atoms with Gasteiger partial charge in [0.15, 0.2) is 0 Å². The number of phenols is 2. The Kier molecular flexibility index (Phi) is 5.02. The molecule has 0 saturated heterocycles. The van der Waals surface area contributed by atoms with Crippen LogP contribution in [0.25, 0.3) is 21.9 Å². The monoisotopic (exact) mass is 407 g/mol. The molecule has 1 aliphatic heterocycles. The zero-order valence-corrected chi connectivity index (χ0v) is 18.4. The summed E-state index contributed by atoms with van der Waals surface area (Å²) in [7, 11) is 5.37. The van der Waals surface area contributed by atoms with Crippen molar-refractivity contribution in [3.63, 3.8) is 0 Å². The number of ether oxygens (including phenoxy) is 2. The average Bonchev–Trinajstić information content (AvgIpc) is 2.72. The van der Waals surface area contributed by atoms with Crippen LogP contribution in [0.4, 0.5) is 0 Å². The number of rotatable bonds is 3. The van der Waals surface area contributed by atoms with Gasteiger partial charge in [-0.1, -0.05) is 12.1 Å². The lowest BCUT2D eigenvalue weighted by Crippen LogP contribution is -2.38. The topological polar surface area (TPSA) is 62.2 Å². The minimum atomic E-state index is 0.149. The first-order valence-corrected chi connectivity index (χ1v) is 10.2. The summed E-state index contributed by atoms with van der Waals surface area (Å²) in [6.45, 7) is 6.38. The largest absolute Gasteiger partial charge is 0.507 e. The molecule has 0 aliphatic carbocycles. The number of likely N-dealkylation sites (N-methyl/N-ethyl adjacent to an activating group) is 1. The molecule has 0 radical (unpaired) electrons. The number of nitrogens with zero attached hydrogens (tertiary/aromatic N) is 1. The van der Waals surface area contributed by atoms with Crippen LogP contribution in [-0.4, -0.2) is 42.4 Å². The van der Waals surface area contributed by atoms with E-state index in [1.54, 1.807) is 26.4 Å². The van der Waals surface area contributed by atoms with Crippen molar-refractivity contribution < 1.29 is 19.7 Å². The molecule has 0 spiro atoms. The molecule has 0 saturated carbocycles. The fraction of sp³-hybridized carbons (Fsp3) is 0.360. The summed E-state index contributed by atoms with van der Waals surface area (Å²) in [5.74, 6) is 1.67. The maximum Gasteiger partial charge on any atom is 0.130 e. The number of hydrogen-bond donors (Lipinski definition) is 2. The van der Waals surface area contributed by atoms with Gasteiger partial charge in [0.25, 0.3) is 0 Å². The van der Waals surface area contributed by atoms with Gasteiger partial charge in [-0.3, -0.25) is 4.90 Å². The SMILES string of the molecule is COc1cc(O)c(-c2c(C)cc(OC)c3c(O)cccc23)c2c1[C@@H](C)N(C)[C@@H](C)C2. The maximum absolute atomic E-state index is 11.2. The number of hydrogen-bond acceptors (Lipinski definition) is 5. The molecule has 5 nitrogen and oxygen atoms in total. The fourth-order valence-corrected chi connectivity index (χ4v) is 4.91. The molecule has 158 valence electrons. The van der Waals surface area contributed by atoms with Crippen molar-refractivity contribution in [1.82, 2.24) is 4.90 Å². The van der Waals surface area contributed by atoms with Gasteiger partial charge < -0.3 is 19.7 Å². The summed E-state index contributed by atoms with van der Waals surface area (Å²) in [6, 6.07) is 9.56. The van der Waals surface area contributed by atoms with Gasteiger partial charge in [-0.15, -0.1) is 0 Å². The third-order valence-corrected chi connectivity index (χ3v) is 6.63. The molecule has 1 aliphatic rings. The van der Waals surface area contributed by atoms with Gasteiger partial charge in [0.2, 0.25) is 0 Å². The van der Waals surface area contributed by atoms with E-state index in [1.807, 2.05) is 25.1 Å². The maximum atomic E-state index is 11.2. The molecule has 3 aromatic rings. The van der Waals surface area contributed by atoms with E-state index < -0.39 is 0 Å². The highest BCUT2D eigenvalue weighted by Gasteiger charge is 2.33. The number of aromatic hydroxyl groups is 2. The van der Waals surface area contributed by atoms with Crippen molar-refractivity contribution in [3.8, 4) is 34.1 Å². The van der Waals surface area contributed by atoms with Gasteiger partial charge in [-0.25, -0.2) is 0 Å². The Bertz CT molecular complexity index is 1140. The Morgan fingerprint density at radius 2 is 1.67 bits per heavy atom. The van der Waals surface area contributed by atoms with E-state index in [0.29, 0.717) is 22.9 Å². The van der Waals surface area contributed by atoms with Crippen molar-refractivity contribution in [1.29, 1.82) is 0 Å². The van der Waals surface area contributed by atoms with E-state index in [2.05, 4.69) is 25.8 Å². The molecule has 2 N–H and O–H groups in total. The molecule has 4 rings (SSSR count). The van der Waals surface area contributed by atoms with Gasteiger partial charge >= 0.3 is 0 Å². The van der Waals surface area contributed by atoms with Gasteiger partial charge in [0, 0.05) is 29.3 Å². The standard InChI is InChI=1S/C25H29NO4/c1-13-10-20(29-5)24-16(8-7-9-18(24)27)22(13)25-17-11-14(2)26(4)15(3)23(17)21(30-6)12-19(25)28/h7-10,12,14-15,27-28H,11H2,1-6H3/t14-,15+/m0/s1. The van der Waals surface area contributed by atoms with Gasteiger partial charge in [-0.2, -0.15) is 0 Å². The molecule has 0 amide bonds. The number of methoxy groups -OCH3 is 2. The number of aryl methyl sites for hydroxylation is 1. The summed E-state index contributed by atoms with van der Waals surface area (Å²) in [6.07, 6.45) is 0.794. The van der Waals surface area contributed by atoms with Gasteiger partial charge in [-0.05, 0) is 68.4 Å². The first-order chi connectivity index (χ1) is 14.3. The summed E-state index contributed by atoms with van der Waals surface area (Å²) in [5, 5.41) is 23.3. The van der Waals surface area contributed by atoms with Crippen LogP contribution < -0.4 is 9.47 Å². The van der Waals surface area contributed by atoms with E-state index in [-0.39, 0.29) is 17.5 Å². The smallest absolute Gasteiger partial charge is 0.130 e. The first-order valence-electron chi connectivity index (χ1n) is 10.2. The molecule has 0 bridgehead atoms. The van der Waals surface area contributed by atoms with E-state index in [0.717, 1.165) is 39.6 Å². The number of fused-ring (bicyclic) bond motifs is 2. The van der Waals surface area contributed by atoms with E-state index in [9.17, 15) is 10.2 Å². The van der Waals surface area contributed by atoms with Crippen LogP contribution in [0.3, 0.4) is 0 Å². The van der Waals surface area contributed by atoms with Crippen molar-refractivity contribution in [2.24, 2.45) is 0 Å². The second-order valence-electron chi connectivity index (χ2n) is 8.23. The molecule has 0 unspecified atom stereocenters. The lowest BCUT2D eigenvalue weighted by atomic mass is 9.81. The zero-order valence-electron chi connectivity index (χ0n) is 18.4. The quantitative estimate of drug-likeness (QED) is 0.626. The van der Waals surface area contributed by atoms with Crippen LogP contribution in [0.1, 0.15) is 36.6 Å². The van der Waals surface area contributed by atoms with Crippen LogP contribution >= 0.6 is 0 Å². The lowest BCUT2D eigenvalue weighted by molar-refractivity contribution is 0.175. The Morgan fingerprint density at radius 1 is 0.967 bits per heavy atom. The average molecular weight is 408 g/mol. The number of phenolic OH excluding ortho intramolecular Hbond substituents is 2. The molecular formula is C25H29NO4. The third kappa shape index (κ3) is 2.88. The second kappa shape index (κ2) is 7.40. The number of benzene rings is 3. The Balaban J connectivity index is 2.15. The molecule has 30 heavy (non-hydrogen) atoms. The molecule has 3 aromatic carbocycles. The Labute approximate surface area is 177 Å². The summed E-state index contributed by atoms with van der Waals surface area (Å²) in [5.41, 5.74) is 4.92. The lowest BCUT2D eigenvalue weighted by Gasteiger charge is -2.39. The fourth-order valence-electron chi connectivity index (χ4n) is 4.91. The van der Waals surface area contributed by atoms with Crippen LogP contribution in [0.5, 0.6) is 23.0 Å². The van der Waals surface area contributed by atoms with Gasteiger partial charge in [0.05, 0.1) is 19.6 Å². The van der Waals surface area contributed by atoms with Crippen LogP contribution in [-0.2, 0) is 6.42 Å². The van der Waals surface area contributed by atoms with Crippen LogP contribution in [0.2, 0.25) is 0 Å². The zero-order chi connectivity index (χ0) is 21.7. The predicted octanol–water partition coefficient (Wildman–Crippen LogP) is 5.18. The predicted molar refractivity (Wildman–Crippen MR) is 120 cm³/mol. The minimum absolute atomic E-state index is 0.149. The third-order valence-electron chi connectivity index (χ3n) is 6.63. The van der Waals surface area contributed by atoms with E-state index in [4.69, 9.17) is 9.47 Å². The first kappa shape index (κ1) is 20.4. The Hall–Kier alpha value is -2.92. The van der Waals surface area contributed by atoms with Crippen molar-refractivity contribution in [2.45, 2.75) is 39.3 Å². The highest BCUT2D eigenvalue weighted by molar-refractivity contribution is 6.06. The van der Waals surface area contributed by atoms with Crippen LogP contribution in [0, 0.1) is 6.92 Å². The van der Waals surface area contributed by atoms with Gasteiger partial charge in [0.1, 0.15) is 23.0 Å². The summed E-state index contributed by atoms with van der Waals surface area (Å²) in [4.78, 5) is 2.33. The molecule has 2 atom stereocenters. The van der Waals surface area contributed by atoms with E-state index >= 15 is 0 Å². The minimum Gasteiger partial charge on any atom is -0.507 e. The normalized spacial score (nSPS) is 19.0. The highest BCUT2D eigenvalue weighted by atomic mass is 16.5.